The van der Waals surface area contributed by atoms with E-state index in [2.05, 4.69) is 0 Å². The molecular weight excluding hydrogens is 634 g/mol. The number of halogens is 4. The number of carbonyl (C=O) groups excluding carboxylic acids is 4. The van der Waals surface area contributed by atoms with E-state index in [4.69, 9.17) is 65.4 Å². The molecule has 2 aliphatic heterocycles. The summed E-state index contributed by atoms with van der Waals surface area (Å²) in [7, 11) is 0. The van der Waals surface area contributed by atoms with Crippen LogP contribution in [-0.4, -0.2) is 83.1 Å². The van der Waals surface area contributed by atoms with Gasteiger partial charge in [0.15, 0.2) is 24.7 Å². The first-order chi connectivity index (χ1) is 19.4. The summed E-state index contributed by atoms with van der Waals surface area (Å²) in [5, 5.41) is -0.637. The second-order valence-corrected chi connectivity index (χ2v) is 13.6. The summed E-state index contributed by atoms with van der Waals surface area (Å²) in [6.45, 7) is 10.1. The number of esters is 2. The molecule has 0 radical (unpaired) electrons. The fourth-order valence-electron chi connectivity index (χ4n) is 4.64. The lowest BCUT2D eigenvalue weighted by Crippen LogP contribution is -2.45. The molecule has 1 aromatic carbocycles. The average molecular weight is 670 g/mol. The van der Waals surface area contributed by atoms with Crippen LogP contribution in [0.2, 0.25) is 20.1 Å². The number of rotatable bonds is 8. The molecule has 0 unspecified atom stereocenters. The van der Waals surface area contributed by atoms with Crippen molar-refractivity contribution in [2.75, 3.05) is 26.3 Å². The van der Waals surface area contributed by atoms with Crippen LogP contribution in [-0.2, 0) is 28.7 Å². The van der Waals surface area contributed by atoms with Crippen molar-refractivity contribution in [3.8, 4) is 11.5 Å². The summed E-state index contributed by atoms with van der Waals surface area (Å²) in [6, 6.07) is -1.50. The lowest BCUT2D eigenvalue weighted by molar-refractivity contribution is -0.164. The number of nitrogens with zero attached hydrogens (tertiary/aromatic N) is 2. The standard InChI is InChI=1S/C28H36Cl4N2O8/c1-27(2,3)41-25(37)15-9-7-11-33(15)17(35)13-39-23-21(31)19(29)20(30)22(32)24(23)40-14-18(36)34-12-8-10-16(34)26(38)42-28(4,5)6/h15-16H,7-14H2,1-6H3/t15-,16-/m1/s1. The molecule has 234 valence electrons. The number of likely N-dealkylation sites (tertiary alicyclic amines) is 2. The van der Waals surface area contributed by atoms with Gasteiger partial charge in [-0.05, 0) is 67.2 Å². The third-order valence-electron chi connectivity index (χ3n) is 6.37. The quantitative estimate of drug-likeness (QED) is 0.196. The van der Waals surface area contributed by atoms with Gasteiger partial charge < -0.3 is 28.7 Å². The van der Waals surface area contributed by atoms with Crippen molar-refractivity contribution in [2.24, 2.45) is 0 Å². The molecule has 0 N–H and O–H groups in total. The van der Waals surface area contributed by atoms with Crippen LogP contribution in [0.1, 0.15) is 67.2 Å². The van der Waals surface area contributed by atoms with Crippen LogP contribution in [0, 0.1) is 0 Å². The van der Waals surface area contributed by atoms with Crippen LogP contribution in [0.5, 0.6) is 11.5 Å². The molecule has 42 heavy (non-hydrogen) atoms. The highest BCUT2D eigenvalue weighted by molar-refractivity contribution is 6.53. The first-order valence-corrected chi connectivity index (χ1v) is 15.1. The average Bonchev–Trinajstić information content (AvgIpc) is 3.56. The summed E-state index contributed by atoms with van der Waals surface area (Å²) in [6.07, 6.45) is 2.15. The predicted octanol–water partition coefficient (Wildman–Crippen LogP) is 5.72. The maximum absolute atomic E-state index is 13.1. The third-order valence-corrected chi connectivity index (χ3v) is 8.13. The third kappa shape index (κ3) is 8.49. The fourth-order valence-corrected chi connectivity index (χ4v) is 5.57. The van der Waals surface area contributed by atoms with E-state index in [1.54, 1.807) is 41.5 Å². The zero-order valence-electron chi connectivity index (χ0n) is 24.5. The molecule has 0 spiro atoms. The smallest absolute Gasteiger partial charge is 0.329 e. The van der Waals surface area contributed by atoms with Gasteiger partial charge in [0.2, 0.25) is 0 Å². The van der Waals surface area contributed by atoms with E-state index in [1.165, 1.54) is 9.80 Å². The number of benzene rings is 1. The van der Waals surface area contributed by atoms with E-state index < -0.39 is 60.3 Å². The number of hydrogen-bond acceptors (Lipinski definition) is 8. The number of hydrogen-bond donors (Lipinski definition) is 0. The second-order valence-electron chi connectivity index (χ2n) is 12.0. The predicted molar refractivity (Wildman–Crippen MR) is 159 cm³/mol. The Morgan fingerprint density at radius 1 is 0.643 bits per heavy atom. The molecule has 10 nitrogen and oxygen atoms in total. The minimum Gasteiger partial charge on any atom is -0.478 e. The molecular formula is C28H36Cl4N2O8. The first-order valence-electron chi connectivity index (χ1n) is 13.6. The minimum absolute atomic E-state index is 0.137. The largest absolute Gasteiger partial charge is 0.478 e. The van der Waals surface area contributed by atoms with Crippen molar-refractivity contribution < 1.29 is 38.1 Å². The van der Waals surface area contributed by atoms with Gasteiger partial charge in [0.05, 0.1) is 10.0 Å². The monoisotopic (exact) mass is 668 g/mol. The number of carbonyl (C=O) groups is 4. The summed E-state index contributed by atoms with van der Waals surface area (Å²) in [5.41, 5.74) is -1.41. The second kappa shape index (κ2) is 13.7. The van der Waals surface area contributed by atoms with E-state index >= 15 is 0 Å². The van der Waals surface area contributed by atoms with Crippen molar-refractivity contribution in [2.45, 2.75) is 90.5 Å². The molecule has 0 aromatic heterocycles. The van der Waals surface area contributed by atoms with Crippen LogP contribution < -0.4 is 9.47 Å². The molecule has 2 atom stereocenters. The minimum atomic E-state index is -0.750. The fraction of sp³-hybridized carbons (Fsp3) is 0.643. The van der Waals surface area contributed by atoms with E-state index in [0.717, 1.165) is 0 Å². The molecule has 1 aromatic rings. The Hall–Kier alpha value is -2.14. The van der Waals surface area contributed by atoms with Crippen molar-refractivity contribution in [3.05, 3.63) is 20.1 Å². The van der Waals surface area contributed by atoms with Gasteiger partial charge in [0.25, 0.3) is 11.8 Å². The SMILES string of the molecule is CC(C)(C)OC(=O)[C@H]1CCCN1C(=O)COc1c(Cl)c(Cl)c(Cl)c(Cl)c1OCC(=O)N1CCC[C@@H]1C(=O)OC(C)(C)C. The van der Waals surface area contributed by atoms with Gasteiger partial charge in [-0.3, -0.25) is 9.59 Å². The van der Waals surface area contributed by atoms with Crippen LogP contribution >= 0.6 is 46.4 Å². The lowest BCUT2D eigenvalue weighted by atomic mass is 10.1. The van der Waals surface area contributed by atoms with Gasteiger partial charge in [-0.15, -0.1) is 0 Å². The van der Waals surface area contributed by atoms with Crippen molar-refractivity contribution in [1.29, 1.82) is 0 Å². The van der Waals surface area contributed by atoms with Gasteiger partial charge in [0.1, 0.15) is 33.3 Å². The highest BCUT2D eigenvalue weighted by atomic mass is 35.5. The first kappa shape index (κ1) is 34.4. The molecule has 14 heteroatoms. The molecule has 2 fully saturated rings. The van der Waals surface area contributed by atoms with Crippen LogP contribution in [0.25, 0.3) is 0 Å². The van der Waals surface area contributed by atoms with Crippen LogP contribution in [0.4, 0.5) is 0 Å². The molecule has 2 heterocycles. The molecule has 3 rings (SSSR count). The molecule has 2 aliphatic rings. The topological polar surface area (TPSA) is 112 Å². The van der Waals surface area contributed by atoms with Crippen LogP contribution in [0.15, 0.2) is 0 Å². The highest BCUT2D eigenvalue weighted by Crippen LogP contribution is 2.50. The Balaban J connectivity index is 1.75. The van der Waals surface area contributed by atoms with E-state index in [0.29, 0.717) is 38.8 Å². The zero-order valence-corrected chi connectivity index (χ0v) is 27.5. The van der Waals surface area contributed by atoms with Crippen LogP contribution in [0.3, 0.4) is 0 Å². The van der Waals surface area contributed by atoms with Crippen molar-refractivity contribution in [1.82, 2.24) is 9.80 Å². The maximum Gasteiger partial charge on any atom is 0.329 e. The molecule has 0 aliphatic carbocycles. The van der Waals surface area contributed by atoms with Crippen molar-refractivity contribution in [3.63, 3.8) is 0 Å². The highest BCUT2D eigenvalue weighted by Gasteiger charge is 2.39. The zero-order chi connectivity index (χ0) is 31.6. The Labute approximate surface area is 265 Å². The summed E-state index contributed by atoms with van der Waals surface area (Å²) < 4.78 is 22.4. The Morgan fingerprint density at radius 3 is 1.29 bits per heavy atom. The van der Waals surface area contributed by atoms with E-state index in [-0.39, 0.29) is 31.6 Å². The van der Waals surface area contributed by atoms with Gasteiger partial charge in [0, 0.05) is 13.1 Å². The van der Waals surface area contributed by atoms with Gasteiger partial charge in [-0.1, -0.05) is 46.4 Å². The van der Waals surface area contributed by atoms with Gasteiger partial charge in [-0.25, -0.2) is 9.59 Å². The molecule has 0 saturated carbocycles. The Bertz CT molecular complexity index is 1130. The van der Waals surface area contributed by atoms with Gasteiger partial charge in [-0.2, -0.15) is 0 Å². The molecule has 0 bridgehead atoms. The molecule has 2 amide bonds. The Kier molecular flexibility index (Phi) is 11.2. The summed E-state index contributed by atoms with van der Waals surface area (Å²) in [4.78, 5) is 54.3. The van der Waals surface area contributed by atoms with E-state index in [9.17, 15) is 19.2 Å². The maximum atomic E-state index is 13.1. The van der Waals surface area contributed by atoms with E-state index in [1.807, 2.05) is 0 Å². The Morgan fingerprint density at radius 2 is 0.976 bits per heavy atom. The summed E-state index contributed by atoms with van der Waals surface area (Å²) >= 11 is 25.3. The number of ether oxygens (including phenoxy) is 4. The van der Waals surface area contributed by atoms with Gasteiger partial charge >= 0.3 is 11.9 Å². The normalized spacial score (nSPS) is 19.1. The number of amides is 2. The van der Waals surface area contributed by atoms with Crippen molar-refractivity contribution >= 4 is 70.2 Å². The lowest BCUT2D eigenvalue weighted by Gasteiger charge is -2.28. The summed E-state index contributed by atoms with van der Waals surface area (Å²) in [5.74, 6) is -2.40. The molecule has 2 saturated heterocycles.